The van der Waals surface area contributed by atoms with Crippen LogP contribution in [0.25, 0.3) is 33.2 Å². The Morgan fingerprint density at radius 3 is 2.33 bits per heavy atom. The molecule has 3 nitrogen and oxygen atoms in total. The number of rotatable bonds is 2. The topological polar surface area (TPSA) is 38.9 Å². The minimum absolute atomic E-state index is 0.829. The summed E-state index contributed by atoms with van der Waals surface area (Å²) in [5.41, 5.74) is 4.82. The average Bonchev–Trinajstić information content (AvgIpc) is 2.91. The van der Waals surface area contributed by atoms with Crippen molar-refractivity contribution in [1.82, 2.24) is 9.97 Å². The molecule has 0 aliphatic carbocycles. The molecule has 4 aromatic rings. The molecule has 0 aliphatic rings. The van der Waals surface area contributed by atoms with Gasteiger partial charge in [-0.2, -0.15) is 0 Å². The molecule has 0 amide bonds. The van der Waals surface area contributed by atoms with Crippen LogP contribution in [0, 0.1) is 6.92 Å². The summed E-state index contributed by atoms with van der Waals surface area (Å²) in [7, 11) is -1.32. The molecule has 0 saturated carbocycles. The molecule has 0 aliphatic heterocycles. The molecular formula is C20H20N2OSi. The van der Waals surface area contributed by atoms with E-state index < -0.39 is 8.07 Å². The van der Waals surface area contributed by atoms with Crippen molar-refractivity contribution in [1.29, 1.82) is 0 Å². The molecular weight excluding hydrogens is 312 g/mol. The van der Waals surface area contributed by atoms with Crippen molar-refractivity contribution in [3.8, 4) is 11.3 Å². The lowest BCUT2D eigenvalue weighted by Gasteiger charge is -2.16. The SMILES string of the molecule is Cc1cc2c(cn1)oc1ccc(-c3ccc([Si](C)(C)C)cn3)cc12. The van der Waals surface area contributed by atoms with Crippen LogP contribution in [-0.4, -0.2) is 18.0 Å². The van der Waals surface area contributed by atoms with Gasteiger partial charge in [0.1, 0.15) is 5.58 Å². The molecule has 3 heterocycles. The van der Waals surface area contributed by atoms with E-state index in [0.29, 0.717) is 0 Å². The first-order chi connectivity index (χ1) is 11.4. The van der Waals surface area contributed by atoms with Gasteiger partial charge in [-0.25, -0.2) is 0 Å². The smallest absolute Gasteiger partial charge is 0.153 e. The van der Waals surface area contributed by atoms with Gasteiger partial charge >= 0.3 is 0 Å². The maximum absolute atomic E-state index is 5.88. The molecule has 24 heavy (non-hydrogen) atoms. The van der Waals surface area contributed by atoms with Crippen LogP contribution in [0.1, 0.15) is 5.69 Å². The number of fused-ring (bicyclic) bond motifs is 3. The van der Waals surface area contributed by atoms with Gasteiger partial charge in [0, 0.05) is 28.2 Å². The number of benzene rings is 1. The van der Waals surface area contributed by atoms with E-state index in [2.05, 4.69) is 55.0 Å². The number of nitrogens with zero attached hydrogens (tertiary/aromatic N) is 2. The molecule has 4 heteroatoms. The summed E-state index contributed by atoms with van der Waals surface area (Å²) >= 11 is 0. The van der Waals surface area contributed by atoms with E-state index in [1.165, 1.54) is 5.19 Å². The van der Waals surface area contributed by atoms with Gasteiger partial charge in [0.25, 0.3) is 0 Å². The second-order valence-electron chi connectivity index (χ2n) is 7.32. The highest BCUT2D eigenvalue weighted by Crippen LogP contribution is 2.31. The van der Waals surface area contributed by atoms with Crippen molar-refractivity contribution in [3.63, 3.8) is 0 Å². The molecule has 4 rings (SSSR count). The Morgan fingerprint density at radius 2 is 1.62 bits per heavy atom. The molecule has 3 aromatic heterocycles. The fourth-order valence-electron chi connectivity index (χ4n) is 2.95. The number of aryl methyl sites for hydroxylation is 1. The van der Waals surface area contributed by atoms with E-state index in [4.69, 9.17) is 9.40 Å². The first kappa shape index (κ1) is 15.1. The molecule has 0 radical (unpaired) electrons. The van der Waals surface area contributed by atoms with Gasteiger partial charge in [0.05, 0.1) is 20.0 Å². The summed E-state index contributed by atoms with van der Waals surface area (Å²) in [6.07, 6.45) is 3.83. The van der Waals surface area contributed by atoms with Crippen molar-refractivity contribution in [2.75, 3.05) is 0 Å². The highest BCUT2D eigenvalue weighted by atomic mass is 28.3. The predicted molar refractivity (Wildman–Crippen MR) is 102 cm³/mol. The van der Waals surface area contributed by atoms with Crippen molar-refractivity contribution in [3.05, 3.63) is 54.5 Å². The maximum Gasteiger partial charge on any atom is 0.153 e. The lowest BCUT2D eigenvalue weighted by molar-refractivity contribution is 0.666. The number of aromatic nitrogens is 2. The highest BCUT2D eigenvalue weighted by molar-refractivity contribution is 6.88. The monoisotopic (exact) mass is 332 g/mol. The van der Waals surface area contributed by atoms with Gasteiger partial charge in [0.2, 0.25) is 0 Å². The predicted octanol–water partition coefficient (Wildman–Crippen LogP) is 4.90. The molecule has 120 valence electrons. The third-order valence-corrected chi connectivity index (χ3v) is 6.45. The Bertz CT molecular complexity index is 1040. The van der Waals surface area contributed by atoms with Crippen LogP contribution in [0.5, 0.6) is 0 Å². The number of furan rings is 1. The van der Waals surface area contributed by atoms with Crippen LogP contribution in [0.4, 0.5) is 0 Å². The number of hydrogen-bond acceptors (Lipinski definition) is 3. The Labute approximate surface area is 142 Å². The first-order valence-electron chi connectivity index (χ1n) is 8.18. The van der Waals surface area contributed by atoms with Gasteiger partial charge in [-0.1, -0.05) is 25.7 Å². The Balaban J connectivity index is 1.85. The zero-order chi connectivity index (χ0) is 16.9. The van der Waals surface area contributed by atoms with E-state index in [0.717, 1.165) is 38.9 Å². The fourth-order valence-corrected chi connectivity index (χ4v) is 3.99. The number of hydrogen-bond donors (Lipinski definition) is 0. The summed E-state index contributed by atoms with van der Waals surface area (Å²) in [4.78, 5) is 9.01. The normalized spacial score (nSPS) is 12.2. The first-order valence-corrected chi connectivity index (χ1v) is 11.7. The van der Waals surface area contributed by atoms with Crippen LogP contribution in [-0.2, 0) is 0 Å². The van der Waals surface area contributed by atoms with Gasteiger partial charge in [-0.3, -0.25) is 9.97 Å². The second-order valence-corrected chi connectivity index (χ2v) is 12.4. The van der Waals surface area contributed by atoms with Crippen LogP contribution >= 0.6 is 0 Å². The Kier molecular flexibility index (Phi) is 3.32. The quantitative estimate of drug-likeness (QED) is 0.490. The van der Waals surface area contributed by atoms with Crippen molar-refractivity contribution >= 4 is 35.2 Å². The van der Waals surface area contributed by atoms with Gasteiger partial charge in [0.15, 0.2) is 5.58 Å². The Hall–Kier alpha value is -2.46. The molecule has 0 N–H and O–H groups in total. The summed E-state index contributed by atoms with van der Waals surface area (Å²) in [5, 5.41) is 3.60. The zero-order valence-corrected chi connectivity index (χ0v) is 15.4. The highest BCUT2D eigenvalue weighted by Gasteiger charge is 2.17. The molecule has 0 unspecified atom stereocenters. The average molecular weight is 332 g/mol. The summed E-state index contributed by atoms with van der Waals surface area (Å²) < 4.78 is 5.88. The van der Waals surface area contributed by atoms with Crippen molar-refractivity contribution in [2.45, 2.75) is 26.6 Å². The minimum atomic E-state index is -1.32. The van der Waals surface area contributed by atoms with Crippen LogP contribution < -0.4 is 5.19 Å². The zero-order valence-electron chi connectivity index (χ0n) is 14.4. The number of pyridine rings is 2. The van der Waals surface area contributed by atoms with E-state index in [1.807, 2.05) is 19.2 Å². The lowest BCUT2D eigenvalue weighted by Crippen LogP contribution is -2.37. The van der Waals surface area contributed by atoms with Crippen LogP contribution in [0.15, 0.2) is 53.2 Å². The molecule has 0 spiro atoms. The standard InChI is InChI=1S/C20H20N2OSi/c1-13-9-16-17-10-14(5-8-19(17)23-20(16)12-21-13)18-7-6-15(11-22-18)24(2,3)4/h5-12H,1-4H3. The van der Waals surface area contributed by atoms with E-state index >= 15 is 0 Å². The molecule has 0 atom stereocenters. The van der Waals surface area contributed by atoms with E-state index in [9.17, 15) is 0 Å². The molecule has 0 saturated heterocycles. The summed E-state index contributed by atoms with van der Waals surface area (Å²) in [6, 6.07) is 12.7. The largest absolute Gasteiger partial charge is 0.454 e. The molecule has 0 fully saturated rings. The molecule has 1 aromatic carbocycles. The Morgan fingerprint density at radius 1 is 0.833 bits per heavy atom. The second kappa shape index (κ2) is 5.28. The summed E-state index contributed by atoms with van der Waals surface area (Å²) in [6.45, 7) is 9.01. The van der Waals surface area contributed by atoms with Gasteiger partial charge in [-0.05, 0) is 42.4 Å². The fraction of sp³-hybridized carbons (Fsp3) is 0.200. The summed E-state index contributed by atoms with van der Waals surface area (Å²) in [5.74, 6) is 0. The third kappa shape index (κ3) is 2.53. The van der Waals surface area contributed by atoms with Crippen LogP contribution in [0.3, 0.4) is 0 Å². The van der Waals surface area contributed by atoms with Crippen molar-refractivity contribution < 1.29 is 4.42 Å². The van der Waals surface area contributed by atoms with Gasteiger partial charge < -0.3 is 4.42 Å². The van der Waals surface area contributed by atoms with E-state index in [-0.39, 0.29) is 0 Å². The van der Waals surface area contributed by atoms with E-state index in [1.54, 1.807) is 6.20 Å². The maximum atomic E-state index is 5.88. The van der Waals surface area contributed by atoms with Crippen molar-refractivity contribution in [2.24, 2.45) is 0 Å². The third-order valence-electron chi connectivity index (χ3n) is 4.42. The minimum Gasteiger partial charge on any atom is -0.454 e. The van der Waals surface area contributed by atoms with Crippen LogP contribution in [0.2, 0.25) is 19.6 Å². The van der Waals surface area contributed by atoms with Gasteiger partial charge in [-0.15, -0.1) is 0 Å². The lowest BCUT2D eigenvalue weighted by atomic mass is 10.1. The molecule has 0 bridgehead atoms.